The van der Waals surface area contributed by atoms with Crippen molar-refractivity contribution in [2.24, 2.45) is 0 Å². The molecule has 0 saturated heterocycles. The van der Waals surface area contributed by atoms with E-state index in [0.717, 1.165) is 10.7 Å². The number of carboxylic acids is 1. The zero-order chi connectivity index (χ0) is 13.1. The lowest BCUT2D eigenvalue weighted by molar-refractivity contribution is 0.0697. The molecule has 1 atom stereocenters. The highest BCUT2D eigenvalue weighted by molar-refractivity contribution is 7.09. The second-order valence-electron chi connectivity index (χ2n) is 3.92. The summed E-state index contributed by atoms with van der Waals surface area (Å²) in [5, 5.41) is 15.1. The lowest BCUT2D eigenvalue weighted by atomic mass is 10.2. The Hall–Kier alpha value is -1.95. The number of hydrogen-bond donors (Lipinski definition) is 2. The predicted octanol–water partition coefficient (Wildman–Crippen LogP) is 2.72. The molecule has 0 radical (unpaired) electrons. The zero-order valence-corrected chi connectivity index (χ0v) is 10.9. The highest BCUT2D eigenvalue weighted by Crippen LogP contribution is 2.24. The van der Waals surface area contributed by atoms with Crippen molar-refractivity contribution in [2.45, 2.75) is 19.9 Å². The number of pyridine rings is 1. The number of nitrogens with zero attached hydrogens (tertiary/aromatic N) is 2. The highest BCUT2D eigenvalue weighted by Gasteiger charge is 2.14. The number of carbonyl (C=O) groups is 1. The average molecular weight is 263 g/mol. The van der Waals surface area contributed by atoms with E-state index in [4.69, 9.17) is 5.11 Å². The van der Waals surface area contributed by atoms with E-state index in [1.165, 1.54) is 6.20 Å². The van der Waals surface area contributed by atoms with E-state index in [0.29, 0.717) is 5.69 Å². The van der Waals surface area contributed by atoms with Crippen LogP contribution in [0.25, 0.3) is 0 Å². The summed E-state index contributed by atoms with van der Waals surface area (Å²) in [6.07, 6.45) is 2.90. The number of nitrogens with one attached hydrogen (secondary N) is 1. The largest absolute Gasteiger partial charge is 0.478 e. The van der Waals surface area contributed by atoms with Crippen LogP contribution in [0, 0.1) is 6.92 Å². The number of aromatic carboxylic acids is 1. The fourth-order valence-electron chi connectivity index (χ4n) is 1.56. The van der Waals surface area contributed by atoms with Crippen molar-refractivity contribution in [1.82, 2.24) is 9.97 Å². The number of anilines is 1. The molecule has 0 saturated carbocycles. The Bertz CT molecular complexity index is 568. The molecule has 0 aliphatic carbocycles. The molecule has 2 aromatic heterocycles. The fourth-order valence-corrected chi connectivity index (χ4v) is 2.36. The minimum Gasteiger partial charge on any atom is -0.478 e. The molecule has 1 unspecified atom stereocenters. The summed E-state index contributed by atoms with van der Waals surface area (Å²) in [6, 6.07) is 1.62. The van der Waals surface area contributed by atoms with Crippen LogP contribution >= 0.6 is 11.3 Å². The first-order valence-corrected chi connectivity index (χ1v) is 6.31. The minimum absolute atomic E-state index is 0.0378. The Kier molecular flexibility index (Phi) is 3.57. The zero-order valence-electron chi connectivity index (χ0n) is 10.0. The summed E-state index contributed by atoms with van der Waals surface area (Å²) < 4.78 is 0. The quantitative estimate of drug-likeness (QED) is 0.887. The SMILES string of the molecule is Cc1csc(C(C)Nc2ccncc2C(=O)O)n1. The lowest BCUT2D eigenvalue weighted by Crippen LogP contribution is -2.10. The van der Waals surface area contributed by atoms with Crippen LogP contribution in [0.1, 0.15) is 34.0 Å². The monoisotopic (exact) mass is 263 g/mol. The second-order valence-corrected chi connectivity index (χ2v) is 4.81. The molecule has 0 amide bonds. The Labute approximate surface area is 109 Å². The van der Waals surface area contributed by atoms with E-state index >= 15 is 0 Å². The number of hydrogen-bond acceptors (Lipinski definition) is 5. The molecule has 2 rings (SSSR count). The Morgan fingerprint density at radius 1 is 1.56 bits per heavy atom. The normalized spacial score (nSPS) is 12.1. The van der Waals surface area contributed by atoms with Gasteiger partial charge in [-0.25, -0.2) is 9.78 Å². The lowest BCUT2D eigenvalue weighted by Gasteiger charge is -2.14. The summed E-state index contributed by atoms with van der Waals surface area (Å²) >= 11 is 1.55. The molecule has 5 nitrogen and oxygen atoms in total. The summed E-state index contributed by atoms with van der Waals surface area (Å²) in [5.74, 6) is -0.992. The van der Waals surface area contributed by atoms with E-state index in [-0.39, 0.29) is 11.6 Å². The molecule has 18 heavy (non-hydrogen) atoms. The average Bonchev–Trinajstić information content (AvgIpc) is 2.76. The molecule has 6 heteroatoms. The maximum absolute atomic E-state index is 11.1. The maximum Gasteiger partial charge on any atom is 0.339 e. The first kappa shape index (κ1) is 12.5. The van der Waals surface area contributed by atoms with Crippen molar-refractivity contribution in [3.63, 3.8) is 0 Å². The molecule has 2 heterocycles. The van der Waals surface area contributed by atoms with Crippen LogP contribution in [-0.4, -0.2) is 21.0 Å². The van der Waals surface area contributed by atoms with Crippen LogP contribution in [0.3, 0.4) is 0 Å². The van der Waals surface area contributed by atoms with Gasteiger partial charge < -0.3 is 10.4 Å². The van der Waals surface area contributed by atoms with Gasteiger partial charge in [0.1, 0.15) is 10.6 Å². The third-order valence-corrected chi connectivity index (χ3v) is 3.58. The van der Waals surface area contributed by atoms with Crippen LogP contribution in [0.5, 0.6) is 0 Å². The van der Waals surface area contributed by atoms with Crippen molar-refractivity contribution in [2.75, 3.05) is 5.32 Å². The van der Waals surface area contributed by atoms with Crippen molar-refractivity contribution in [3.05, 3.63) is 40.1 Å². The Morgan fingerprint density at radius 3 is 2.94 bits per heavy atom. The predicted molar refractivity (Wildman–Crippen MR) is 70.1 cm³/mol. The van der Waals surface area contributed by atoms with E-state index in [2.05, 4.69) is 15.3 Å². The number of aromatic nitrogens is 2. The smallest absolute Gasteiger partial charge is 0.339 e. The fraction of sp³-hybridized carbons (Fsp3) is 0.250. The molecule has 0 spiro atoms. The van der Waals surface area contributed by atoms with Crippen molar-refractivity contribution in [1.29, 1.82) is 0 Å². The van der Waals surface area contributed by atoms with E-state index in [1.54, 1.807) is 23.6 Å². The summed E-state index contributed by atoms with van der Waals surface area (Å²) in [7, 11) is 0. The molecule has 0 aliphatic heterocycles. The van der Waals surface area contributed by atoms with Gasteiger partial charge in [-0.3, -0.25) is 4.98 Å². The Morgan fingerprint density at radius 2 is 2.33 bits per heavy atom. The van der Waals surface area contributed by atoms with Crippen molar-refractivity contribution < 1.29 is 9.90 Å². The van der Waals surface area contributed by atoms with Gasteiger partial charge in [0.05, 0.1) is 11.7 Å². The molecule has 0 bridgehead atoms. The number of carboxylic acid groups (broad SMARTS) is 1. The van der Waals surface area contributed by atoms with Gasteiger partial charge in [-0.1, -0.05) is 0 Å². The van der Waals surface area contributed by atoms with Crippen molar-refractivity contribution >= 4 is 23.0 Å². The van der Waals surface area contributed by atoms with Gasteiger partial charge in [0.15, 0.2) is 0 Å². The molecule has 2 N–H and O–H groups in total. The van der Waals surface area contributed by atoms with Gasteiger partial charge in [0.2, 0.25) is 0 Å². The molecule has 0 fully saturated rings. The van der Waals surface area contributed by atoms with Gasteiger partial charge in [-0.05, 0) is 19.9 Å². The maximum atomic E-state index is 11.1. The van der Waals surface area contributed by atoms with Gasteiger partial charge in [0.25, 0.3) is 0 Å². The van der Waals surface area contributed by atoms with Crippen LogP contribution in [0.2, 0.25) is 0 Å². The first-order valence-electron chi connectivity index (χ1n) is 5.44. The standard InChI is InChI=1S/C12H13N3O2S/c1-7-6-18-11(14-7)8(2)15-10-3-4-13-5-9(10)12(16)17/h3-6,8H,1-2H3,(H,13,15)(H,16,17). The van der Waals surface area contributed by atoms with E-state index in [9.17, 15) is 4.79 Å². The van der Waals surface area contributed by atoms with Crippen LogP contribution < -0.4 is 5.32 Å². The van der Waals surface area contributed by atoms with Gasteiger partial charge in [-0.2, -0.15) is 0 Å². The third-order valence-electron chi connectivity index (χ3n) is 2.43. The molecular weight excluding hydrogens is 250 g/mol. The molecule has 2 aromatic rings. The Balaban J connectivity index is 2.21. The first-order chi connectivity index (χ1) is 8.58. The van der Waals surface area contributed by atoms with Gasteiger partial charge in [0, 0.05) is 23.5 Å². The number of rotatable bonds is 4. The van der Waals surface area contributed by atoms with E-state index < -0.39 is 5.97 Å². The molecule has 0 aliphatic rings. The molecular formula is C12H13N3O2S. The minimum atomic E-state index is -0.992. The van der Waals surface area contributed by atoms with Crippen LogP contribution in [-0.2, 0) is 0 Å². The van der Waals surface area contributed by atoms with Crippen LogP contribution in [0.4, 0.5) is 5.69 Å². The number of aryl methyl sites for hydroxylation is 1. The second kappa shape index (κ2) is 5.14. The summed E-state index contributed by atoms with van der Waals surface area (Å²) in [4.78, 5) is 19.2. The van der Waals surface area contributed by atoms with Gasteiger partial charge in [-0.15, -0.1) is 11.3 Å². The van der Waals surface area contributed by atoms with E-state index in [1.807, 2.05) is 19.2 Å². The molecule has 94 valence electrons. The van der Waals surface area contributed by atoms with Crippen LogP contribution in [0.15, 0.2) is 23.8 Å². The topological polar surface area (TPSA) is 75.1 Å². The number of thiazole rings is 1. The summed E-state index contributed by atoms with van der Waals surface area (Å²) in [6.45, 7) is 3.88. The summed E-state index contributed by atoms with van der Waals surface area (Å²) in [5.41, 5.74) is 1.69. The highest BCUT2D eigenvalue weighted by atomic mass is 32.1. The third kappa shape index (κ3) is 2.65. The van der Waals surface area contributed by atoms with Gasteiger partial charge >= 0.3 is 5.97 Å². The molecule has 0 aromatic carbocycles. The van der Waals surface area contributed by atoms with Crippen molar-refractivity contribution in [3.8, 4) is 0 Å².